The van der Waals surface area contributed by atoms with Crippen LogP contribution in [0.2, 0.25) is 0 Å². The summed E-state index contributed by atoms with van der Waals surface area (Å²) in [7, 11) is 1.39. The Hall–Kier alpha value is -2.08. The number of nitrogens with one attached hydrogen (secondary N) is 1. The van der Waals surface area contributed by atoms with E-state index in [0.717, 1.165) is 0 Å². The average Bonchev–Trinajstić information content (AvgIpc) is 2.35. The van der Waals surface area contributed by atoms with E-state index >= 15 is 0 Å². The number of amides is 1. The molecule has 1 amide bonds. The number of aliphatic carboxylic acids is 1. The molecule has 1 atom stereocenters. The zero-order valence-corrected chi connectivity index (χ0v) is 9.96. The third-order valence-corrected chi connectivity index (χ3v) is 2.16. The first-order valence-corrected chi connectivity index (χ1v) is 5.37. The molecule has 0 saturated heterocycles. The number of rotatable bonds is 6. The zero-order valence-electron chi connectivity index (χ0n) is 9.96. The molecule has 0 aliphatic heterocycles. The van der Waals surface area contributed by atoms with E-state index in [2.05, 4.69) is 5.32 Å². The maximum Gasteiger partial charge on any atom is 0.412 e. The molecule has 1 unspecified atom stereocenters. The highest BCUT2D eigenvalue weighted by atomic mass is 16.6. The normalized spacial score (nSPS) is 11.6. The lowest BCUT2D eigenvalue weighted by Gasteiger charge is -2.13. The van der Waals surface area contributed by atoms with Crippen molar-refractivity contribution in [3.63, 3.8) is 0 Å². The van der Waals surface area contributed by atoms with Crippen molar-refractivity contribution < 1.29 is 24.2 Å². The van der Waals surface area contributed by atoms with E-state index < -0.39 is 18.2 Å². The summed E-state index contributed by atoms with van der Waals surface area (Å²) < 4.78 is 9.87. The highest BCUT2D eigenvalue weighted by Crippen LogP contribution is 2.08. The fourth-order valence-electron chi connectivity index (χ4n) is 1.26. The molecule has 0 heterocycles. The summed E-state index contributed by atoms with van der Waals surface area (Å²) in [4.78, 5) is 21.9. The lowest BCUT2D eigenvalue weighted by Crippen LogP contribution is -2.36. The molecule has 0 radical (unpaired) electrons. The molecule has 18 heavy (non-hydrogen) atoms. The van der Waals surface area contributed by atoms with Crippen LogP contribution in [0.1, 0.15) is 6.42 Å². The van der Waals surface area contributed by atoms with Crippen LogP contribution in [0, 0.1) is 0 Å². The minimum atomic E-state index is -0.986. The van der Waals surface area contributed by atoms with Crippen molar-refractivity contribution in [2.75, 3.05) is 13.7 Å². The van der Waals surface area contributed by atoms with Crippen LogP contribution in [-0.2, 0) is 9.53 Å². The molecule has 1 aromatic carbocycles. The van der Waals surface area contributed by atoms with Gasteiger partial charge in [0.2, 0.25) is 0 Å². The second-order valence-electron chi connectivity index (χ2n) is 3.54. The number of carbonyl (C=O) groups excluding carboxylic acids is 1. The van der Waals surface area contributed by atoms with Gasteiger partial charge in [-0.1, -0.05) is 18.2 Å². The Kier molecular flexibility index (Phi) is 5.66. The van der Waals surface area contributed by atoms with Crippen molar-refractivity contribution in [3.05, 3.63) is 30.3 Å². The summed E-state index contributed by atoms with van der Waals surface area (Å²) in [5, 5.41) is 11.0. The van der Waals surface area contributed by atoms with E-state index in [4.69, 9.17) is 14.6 Å². The molecule has 1 rings (SSSR count). The minimum Gasteiger partial charge on any atom is -0.481 e. The Bertz CT molecular complexity index is 393. The smallest absolute Gasteiger partial charge is 0.412 e. The van der Waals surface area contributed by atoms with Crippen molar-refractivity contribution in [3.8, 4) is 5.75 Å². The Morgan fingerprint density at radius 3 is 2.56 bits per heavy atom. The van der Waals surface area contributed by atoms with Crippen molar-refractivity contribution in [1.82, 2.24) is 5.32 Å². The predicted molar refractivity (Wildman–Crippen MR) is 63.5 cm³/mol. The van der Waals surface area contributed by atoms with E-state index in [1.807, 2.05) is 0 Å². The second-order valence-corrected chi connectivity index (χ2v) is 3.54. The number of methoxy groups -OCH3 is 1. The summed E-state index contributed by atoms with van der Waals surface area (Å²) in [5.74, 6) is -0.567. The molecule has 0 aliphatic carbocycles. The average molecular weight is 253 g/mol. The highest BCUT2D eigenvalue weighted by Gasteiger charge is 2.14. The van der Waals surface area contributed by atoms with Gasteiger partial charge in [-0.15, -0.1) is 0 Å². The van der Waals surface area contributed by atoms with Crippen LogP contribution < -0.4 is 10.1 Å². The SMILES string of the molecule is COC(CNC(=O)Oc1ccccc1)CC(=O)O. The first-order valence-electron chi connectivity index (χ1n) is 5.37. The highest BCUT2D eigenvalue weighted by molar-refractivity contribution is 5.70. The third-order valence-electron chi connectivity index (χ3n) is 2.16. The predicted octanol–water partition coefficient (Wildman–Crippen LogP) is 1.26. The molecule has 0 saturated carbocycles. The maximum atomic E-state index is 11.4. The van der Waals surface area contributed by atoms with Crippen molar-refractivity contribution in [2.45, 2.75) is 12.5 Å². The molecule has 0 aromatic heterocycles. The quantitative estimate of drug-likeness (QED) is 0.797. The topological polar surface area (TPSA) is 84.9 Å². The maximum absolute atomic E-state index is 11.4. The number of hydrogen-bond donors (Lipinski definition) is 2. The van der Waals surface area contributed by atoms with Gasteiger partial charge in [-0.2, -0.15) is 0 Å². The Morgan fingerprint density at radius 2 is 2.00 bits per heavy atom. The second kappa shape index (κ2) is 7.29. The van der Waals surface area contributed by atoms with Crippen molar-refractivity contribution in [1.29, 1.82) is 0 Å². The van der Waals surface area contributed by atoms with Gasteiger partial charge < -0.3 is 19.9 Å². The van der Waals surface area contributed by atoms with Crippen LogP contribution >= 0.6 is 0 Å². The number of hydrogen-bond acceptors (Lipinski definition) is 4. The van der Waals surface area contributed by atoms with E-state index in [-0.39, 0.29) is 13.0 Å². The zero-order chi connectivity index (χ0) is 13.4. The molecule has 0 spiro atoms. The first kappa shape index (κ1) is 14.0. The molecule has 6 nitrogen and oxygen atoms in total. The lowest BCUT2D eigenvalue weighted by molar-refractivity contribution is -0.139. The Morgan fingerprint density at radius 1 is 1.33 bits per heavy atom. The van der Waals surface area contributed by atoms with E-state index in [1.54, 1.807) is 30.3 Å². The monoisotopic (exact) mass is 253 g/mol. The van der Waals surface area contributed by atoms with Gasteiger partial charge in [0.05, 0.1) is 12.5 Å². The van der Waals surface area contributed by atoms with Gasteiger partial charge in [0.15, 0.2) is 0 Å². The summed E-state index contributed by atoms with van der Waals surface area (Å²) in [6.45, 7) is 0.0778. The fourth-order valence-corrected chi connectivity index (χ4v) is 1.26. The van der Waals surface area contributed by atoms with Crippen LogP contribution in [0.4, 0.5) is 4.79 Å². The molecular weight excluding hydrogens is 238 g/mol. The van der Waals surface area contributed by atoms with Gasteiger partial charge in [0, 0.05) is 13.7 Å². The van der Waals surface area contributed by atoms with Gasteiger partial charge in [-0.05, 0) is 12.1 Å². The van der Waals surface area contributed by atoms with E-state index in [1.165, 1.54) is 7.11 Å². The van der Waals surface area contributed by atoms with E-state index in [0.29, 0.717) is 5.75 Å². The minimum absolute atomic E-state index is 0.0778. The standard InChI is InChI=1S/C12H15NO5/c1-17-10(7-11(14)15)8-13-12(16)18-9-5-3-2-4-6-9/h2-6,10H,7-8H2,1H3,(H,13,16)(H,14,15). The Labute approximate surface area is 105 Å². The molecule has 0 fully saturated rings. The van der Waals surface area contributed by atoms with Crippen LogP contribution in [0.5, 0.6) is 5.75 Å². The van der Waals surface area contributed by atoms with Gasteiger partial charge in [0.1, 0.15) is 5.75 Å². The lowest BCUT2D eigenvalue weighted by atomic mass is 10.2. The first-order chi connectivity index (χ1) is 8.61. The molecule has 0 bridgehead atoms. The molecule has 2 N–H and O–H groups in total. The summed E-state index contributed by atoms with van der Waals surface area (Å²) in [6.07, 6.45) is -1.40. The fraction of sp³-hybridized carbons (Fsp3) is 0.333. The van der Waals surface area contributed by atoms with Crippen LogP contribution in [0.15, 0.2) is 30.3 Å². The van der Waals surface area contributed by atoms with Crippen LogP contribution in [0.3, 0.4) is 0 Å². The largest absolute Gasteiger partial charge is 0.481 e. The van der Waals surface area contributed by atoms with Gasteiger partial charge >= 0.3 is 12.1 Å². The molecule has 0 aliphatic rings. The van der Waals surface area contributed by atoms with Crippen molar-refractivity contribution >= 4 is 12.1 Å². The third kappa shape index (κ3) is 5.31. The number of carboxylic acids is 1. The number of ether oxygens (including phenoxy) is 2. The van der Waals surface area contributed by atoms with Gasteiger partial charge in [0.25, 0.3) is 0 Å². The van der Waals surface area contributed by atoms with Gasteiger partial charge in [-0.3, -0.25) is 4.79 Å². The summed E-state index contributed by atoms with van der Waals surface area (Å²) in [5.41, 5.74) is 0. The van der Waals surface area contributed by atoms with E-state index in [9.17, 15) is 9.59 Å². The van der Waals surface area contributed by atoms with Gasteiger partial charge in [-0.25, -0.2) is 4.79 Å². The number of para-hydroxylation sites is 1. The van der Waals surface area contributed by atoms with Crippen LogP contribution in [0.25, 0.3) is 0 Å². The number of benzene rings is 1. The van der Waals surface area contributed by atoms with Crippen LogP contribution in [-0.4, -0.2) is 36.9 Å². The number of carbonyl (C=O) groups is 2. The molecular formula is C12H15NO5. The van der Waals surface area contributed by atoms with Crippen molar-refractivity contribution in [2.24, 2.45) is 0 Å². The summed E-state index contributed by atoms with van der Waals surface area (Å²) in [6, 6.07) is 8.57. The molecule has 98 valence electrons. The number of carboxylic acid groups (broad SMARTS) is 1. The Balaban J connectivity index is 2.34. The molecule has 1 aromatic rings. The summed E-state index contributed by atoms with van der Waals surface area (Å²) >= 11 is 0. The molecule has 6 heteroatoms.